The van der Waals surface area contributed by atoms with Gasteiger partial charge in [0.25, 0.3) is 5.91 Å². The quantitative estimate of drug-likeness (QED) is 0.603. The first-order valence-electron chi connectivity index (χ1n) is 9.91. The number of para-hydroxylation sites is 1. The van der Waals surface area contributed by atoms with Crippen molar-refractivity contribution in [1.82, 2.24) is 15.5 Å². The van der Waals surface area contributed by atoms with Crippen LogP contribution in [0.2, 0.25) is 0 Å². The third kappa shape index (κ3) is 3.37. The van der Waals surface area contributed by atoms with Crippen LogP contribution in [0, 0.1) is 0 Å². The van der Waals surface area contributed by atoms with E-state index < -0.39 is 17.5 Å². The number of rotatable bonds is 5. The molecule has 1 aliphatic carbocycles. The molecule has 7 heteroatoms. The van der Waals surface area contributed by atoms with Crippen molar-refractivity contribution in [2.24, 2.45) is 0 Å². The molecule has 1 aromatic carbocycles. The second-order valence-electron chi connectivity index (χ2n) is 7.53. The van der Waals surface area contributed by atoms with Crippen LogP contribution in [0.15, 0.2) is 35.9 Å². The van der Waals surface area contributed by atoms with Crippen molar-refractivity contribution in [2.45, 2.75) is 44.1 Å². The molecule has 1 aromatic rings. The SMILES string of the molecule is O=C(CN1C(=O)NC2(CCOc3ccccc32)C1=O)NCCC1=CCCCC1. The minimum absolute atomic E-state index is 0.269. The Hall–Kier alpha value is -2.83. The van der Waals surface area contributed by atoms with Gasteiger partial charge in [-0.2, -0.15) is 0 Å². The largest absolute Gasteiger partial charge is 0.493 e. The number of carbonyl (C=O) groups excluding carboxylic acids is 3. The average Bonchev–Trinajstić information content (AvgIpc) is 2.94. The summed E-state index contributed by atoms with van der Waals surface area (Å²) in [5, 5.41) is 5.64. The standard InChI is InChI=1S/C21H25N3O4/c25-18(22-12-10-15-6-2-1-3-7-15)14-24-19(26)21(23-20(24)27)11-13-28-17-9-5-4-8-16(17)21/h4-6,8-9H,1-3,7,10-14H2,(H,22,25)(H,23,27). The highest BCUT2D eigenvalue weighted by molar-refractivity contribution is 6.09. The second kappa shape index (κ2) is 7.66. The van der Waals surface area contributed by atoms with Crippen molar-refractivity contribution in [3.8, 4) is 5.75 Å². The Bertz CT molecular complexity index is 835. The summed E-state index contributed by atoms with van der Waals surface area (Å²) in [6.45, 7) is 0.586. The highest BCUT2D eigenvalue weighted by Crippen LogP contribution is 2.40. The molecule has 0 radical (unpaired) electrons. The molecule has 28 heavy (non-hydrogen) atoms. The molecule has 148 valence electrons. The maximum atomic E-state index is 13.1. The number of fused-ring (bicyclic) bond motifs is 2. The lowest BCUT2D eigenvalue weighted by Gasteiger charge is -2.33. The minimum Gasteiger partial charge on any atom is -0.493 e. The molecular formula is C21H25N3O4. The third-order valence-electron chi connectivity index (χ3n) is 5.71. The number of allylic oxidation sites excluding steroid dienone is 1. The van der Waals surface area contributed by atoms with Crippen LogP contribution in [0.3, 0.4) is 0 Å². The van der Waals surface area contributed by atoms with Crippen molar-refractivity contribution in [3.05, 3.63) is 41.5 Å². The lowest BCUT2D eigenvalue weighted by molar-refractivity contribution is -0.136. The molecule has 1 saturated heterocycles. The van der Waals surface area contributed by atoms with Crippen molar-refractivity contribution < 1.29 is 19.1 Å². The summed E-state index contributed by atoms with van der Waals surface area (Å²) in [7, 11) is 0. The van der Waals surface area contributed by atoms with Gasteiger partial charge < -0.3 is 15.4 Å². The summed E-state index contributed by atoms with van der Waals surface area (Å²) < 4.78 is 5.61. The number of hydrogen-bond donors (Lipinski definition) is 2. The number of nitrogens with one attached hydrogen (secondary N) is 2. The van der Waals surface area contributed by atoms with Gasteiger partial charge in [0.05, 0.1) is 6.61 Å². The molecule has 1 spiro atoms. The van der Waals surface area contributed by atoms with Crippen LogP contribution >= 0.6 is 0 Å². The normalized spacial score (nSPS) is 23.7. The lowest BCUT2D eigenvalue weighted by Crippen LogP contribution is -2.48. The predicted octanol–water partition coefficient (Wildman–Crippen LogP) is 2.22. The molecule has 0 bridgehead atoms. The van der Waals surface area contributed by atoms with E-state index >= 15 is 0 Å². The lowest BCUT2D eigenvalue weighted by atomic mass is 9.84. The fraction of sp³-hybridized carbons (Fsp3) is 0.476. The number of nitrogens with zero attached hydrogens (tertiary/aromatic N) is 1. The molecular weight excluding hydrogens is 358 g/mol. The van der Waals surface area contributed by atoms with Gasteiger partial charge in [0.15, 0.2) is 5.54 Å². The second-order valence-corrected chi connectivity index (χ2v) is 7.53. The Balaban J connectivity index is 1.40. The zero-order valence-electron chi connectivity index (χ0n) is 15.8. The number of ether oxygens (including phenoxy) is 1. The smallest absolute Gasteiger partial charge is 0.325 e. The summed E-state index contributed by atoms with van der Waals surface area (Å²) >= 11 is 0. The molecule has 0 aromatic heterocycles. The van der Waals surface area contributed by atoms with Gasteiger partial charge in [0, 0.05) is 18.5 Å². The molecule has 4 rings (SSSR count). The predicted molar refractivity (Wildman–Crippen MR) is 103 cm³/mol. The van der Waals surface area contributed by atoms with Gasteiger partial charge in [-0.25, -0.2) is 4.79 Å². The van der Waals surface area contributed by atoms with Crippen LogP contribution in [0.25, 0.3) is 0 Å². The Kier molecular flexibility index (Phi) is 5.07. The maximum absolute atomic E-state index is 13.1. The van der Waals surface area contributed by atoms with E-state index in [2.05, 4.69) is 16.7 Å². The van der Waals surface area contributed by atoms with Crippen LogP contribution in [0.4, 0.5) is 4.79 Å². The van der Waals surface area contributed by atoms with E-state index in [1.165, 1.54) is 18.4 Å². The van der Waals surface area contributed by atoms with Crippen LogP contribution in [0.1, 0.15) is 44.1 Å². The van der Waals surface area contributed by atoms with E-state index in [0.717, 1.165) is 24.2 Å². The summed E-state index contributed by atoms with van der Waals surface area (Å²) in [4.78, 5) is 38.9. The fourth-order valence-corrected chi connectivity index (χ4v) is 4.21. The number of hydrogen-bond acceptors (Lipinski definition) is 4. The summed E-state index contributed by atoms with van der Waals surface area (Å²) in [5.41, 5.74) is 0.880. The van der Waals surface area contributed by atoms with Crippen molar-refractivity contribution in [3.63, 3.8) is 0 Å². The highest BCUT2D eigenvalue weighted by Gasteiger charge is 2.55. The molecule has 7 nitrogen and oxygen atoms in total. The minimum atomic E-state index is -1.14. The number of urea groups is 1. The number of carbonyl (C=O) groups is 3. The van der Waals surface area contributed by atoms with E-state index in [1.807, 2.05) is 12.1 Å². The number of amides is 4. The first-order chi connectivity index (χ1) is 13.6. The fourth-order valence-electron chi connectivity index (χ4n) is 4.21. The van der Waals surface area contributed by atoms with Gasteiger partial charge in [-0.15, -0.1) is 0 Å². The van der Waals surface area contributed by atoms with Gasteiger partial charge in [0.1, 0.15) is 12.3 Å². The van der Waals surface area contributed by atoms with Gasteiger partial charge in [-0.3, -0.25) is 14.5 Å². The van der Waals surface area contributed by atoms with Crippen LogP contribution in [0.5, 0.6) is 5.75 Å². The van der Waals surface area contributed by atoms with Crippen LogP contribution < -0.4 is 15.4 Å². The molecule has 4 amide bonds. The first-order valence-corrected chi connectivity index (χ1v) is 9.91. The Morgan fingerprint density at radius 2 is 2.11 bits per heavy atom. The zero-order chi connectivity index (χ0) is 19.6. The summed E-state index contributed by atoms with van der Waals surface area (Å²) in [6, 6.07) is 6.67. The molecule has 1 atom stereocenters. The van der Waals surface area contributed by atoms with Crippen molar-refractivity contribution in [2.75, 3.05) is 19.7 Å². The summed E-state index contributed by atoms with van der Waals surface area (Å²) in [6.07, 6.45) is 8.06. The maximum Gasteiger partial charge on any atom is 0.325 e. The van der Waals surface area contributed by atoms with E-state index in [1.54, 1.807) is 12.1 Å². The topological polar surface area (TPSA) is 87.7 Å². The first kappa shape index (κ1) is 18.5. The monoisotopic (exact) mass is 383 g/mol. The number of imide groups is 1. The molecule has 2 heterocycles. The van der Waals surface area contributed by atoms with E-state index in [9.17, 15) is 14.4 Å². The van der Waals surface area contributed by atoms with E-state index in [4.69, 9.17) is 4.74 Å². The third-order valence-corrected chi connectivity index (χ3v) is 5.71. The molecule has 0 saturated carbocycles. The Morgan fingerprint density at radius 3 is 2.93 bits per heavy atom. The molecule has 2 aliphatic heterocycles. The highest BCUT2D eigenvalue weighted by atomic mass is 16.5. The van der Waals surface area contributed by atoms with Gasteiger partial charge in [-0.1, -0.05) is 29.8 Å². The van der Waals surface area contributed by atoms with Gasteiger partial charge in [0.2, 0.25) is 5.91 Å². The average molecular weight is 383 g/mol. The summed E-state index contributed by atoms with van der Waals surface area (Å²) in [5.74, 6) is -0.120. The molecule has 1 fully saturated rings. The van der Waals surface area contributed by atoms with E-state index in [-0.39, 0.29) is 12.5 Å². The van der Waals surface area contributed by atoms with Crippen LogP contribution in [-0.4, -0.2) is 42.4 Å². The molecule has 3 aliphatic rings. The van der Waals surface area contributed by atoms with Gasteiger partial charge in [-0.05, 0) is 38.2 Å². The number of benzene rings is 1. The Labute approximate surface area is 164 Å². The van der Waals surface area contributed by atoms with Gasteiger partial charge >= 0.3 is 6.03 Å². The van der Waals surface area contributed by atoms with Crippen LogP contribution in [-0.2, 0) is 15.1 Å². The van der Waals surface area contributed by atoms with E-state index in [0.29, 0.717) is 30.9 Å². The molecule has 1 unspecified atom stereocenters. The van der Waals surface area contributed by atoms with Crippen molar-refractivity contribution in [1.29, 1.82) is 0 Å². The zero-order valence-corrected chi connectivity index (χ0v) is 15.8. The molecule has 2 N–H and O–H groups in total. The Morgan fingerprint density at radius 1 is 1.25 bits per heavy atom. The van der Waals surface area contributed by atoms with Crippen molar-refractivity contribution >= 4 is 17.8 Å².